The number of hydrogen-bond donors (Lipinski definition) is 2. The van der Waals surface area contributed by atoms with E-state index in [9.17, 15) is 0 Å². The average molecular weight is 226 g/mol. The fourth-order valence-electron chi connectivity index (χ4n) is 2.64. The maximum Gasteiger partial charge on any atom is 0.00792 e. The molecule has 0 bridgehead atoms. The van der Waals surface area contributed by atoms with E-state index in [1.807, 2.05) is 0 Å². The molecule has 0 aromatic heterocycles. The topological polar surface area (TPSA) is 24.1 Å². The highest BCUT2D eigenvalue weighted by Crippen LogP contribution is 2.67. The Bertz CT molecular complexity index is 207. The highest BCUT2D eigenvalue weighted by molar-refractivity contribution is 5.12. The molecular formula is C14H30N2. The minimum Gasteiger partial charge on any atom is -0.315 e. The van der Waals surface area contributed by atoms with Crippen molar-refractivity contribution < 1.29 is 0 Å². The van der Waals surface area contributed by atoms with Crippen molar-refractivity contribution in [2.45, 2.75) is 54.0 Å². The standard InChI is InChI=1S/C14H30N2/c1-7-11(2)16-9-8-15-10-12-13(3,4)14(12,5)6/h11-12,15-16H,7-10H2,1-6H3. The largest absolute Gasteiger partial charge is 0.315 e. The summed E-state index contributed by atoms with van der Waals surface area (Å²) in [5, 5.41) is 7.08. The SMILES string of the molecule is CCC(C)NCCNCC1C(C)(C)C1(C)C. The second-order valence-corrected chi connectivity index (χ2v) is 6.46. The van der Waals surface area contributed by atoms with Gasteiger partial charge in [0, 0.05) is 19.1 Å². The van der Waals surface area contributed by atoms with E-state index in [2.05, 4.69) is 52.2 Å². The molecule has 2 nitrogen and oxygen atoms in total. The third-order valence-electron chi connectivity index (χ3n) is 5.08. The van der Waals surface area contributed by atoms with Crippen LogP contribution in [0.4, 0.5) is 0 Å². The van der Waals surface area contributed by atoms with E-state index in [-0.39, 0.29) is 0 Å². The Hall–Kier alpha value is -0.0800. The monoisotopic (exact) mass is 226 g/mol. The van der Waals surface area contributed by atoms with Crippen molar-refractivity contribution in [1.82, 2.24) is 10.6 Å². The lowest BCUT2D eigenvalue weighted by atomic mass is 10.0. The van der Waals surface area contributed by atoms with Crippen LogP contribution in [0.5, 0.6) is 0 Å². The van der Waals surface area contributed by atoms with Crippen LogP contribution in [0.3, 0.4) is 0 Å². The molecule has 0 aromatic rings. The Kier molecular flexibility index (Phi) is 4.42. The van der Waals surface area contributed by atoms with Gasteiger partial charge in [-0.1, -0.05) is 34.6 Å². The summed E-state index contributed by atoms with van der Waals surface area (Å²) in [5.74, 6) is 0.837. The zero-order valence-electron chi connectivity index (χ0n) is 12.0. The Morgan fingerprint density at radius 3 is 2.06 bits per heavy atom. The highest BCUT2D eigenvalue weighted by atomic mass is 15.0. The van der Waals surface area contributed by atoms with E-state index in [0.717, 1.165) is 19.0 Å². The van der Waals surface area contributed by atoms with E-state index >= 15 is 0 Å². The summed E-state index contributed by atoms with van der Waals surface area (Å²) in [6, 6.07) is 0.649. The molecule has 2 N–H and O–H groups in total. The third kappa shape index (κ3) is 2.78. The molecule has 0 spiro atoms. The Morgan fingerprint density at radius 1 is 1.06 bits per heavy atom. The zero-order chi connectivity index (χ0) is 12.4. The molecule has 0 saturated heterocycles. The van der Waals surface area contributed by atoms with Crippen molar-refractivity contribution in [1.29, 1.82) is 0 Å². The summed E-state index contributed by atoms with van der Waals surface area (Å²) < 4.78 is 0. The molecule has 1 saturated carbocycles. The van der Waals surface area contributed by atoms with Crippen LogP contribution in [-0.4, -0.2) is 25.7 Å². The first-order valence-electron chi connectivity index (χ1n) is 6.78. The third-order valence-corrected chi connectivity index (χ3v) is 5.08. The maximum atomic E-state index is 3.58. The quantitative estimate of drug-likeness (QED) is 0.652. The van der Waals surface area contributed by atoms with Crippen molar-refractivity contribution in [2.75, 3.05) is 19.6 Å². The molecule has 0 heterocycles. The van der Waals surface area contributed by atoms with Crippen LogP contribution in [0.15, 0.2) is 0 Å². The Morgan fingerprint density at radius 2 is 1.62 bits per heavy atom. The van der Waals surface area contributed by atoms with Crippen LogP contribution in [0.2, 0.25) is 0 Å². The molecule has 96 valence electrons. The molecule has 1 rings (SSSR count). The van der Waals surface area contributed by atoms with Gasteiger partial charge in [0.25, 0.3) is 0 Å². The maximum absolute atomic E-state index is 3.58. The minimum absolute atomic E-state index is 0.518. The van der Waals surface area contributed by atoms with Crippen LogP contribution in [-0.2, 0) is 0 Å². The van der Waals surface area contributed by atoms with Crippen LogP contribution in [0.25, 0.3) is 0 Å². The predicted octanol–water partition coefficient (Wildman–Crippen LogP) is 2.65. The summed E-state index contributed by atoms with van der Waals surface area (Å²) in [5.41, 5.74) is 1.04. The molecule has 1 atom stereocenters. The summed E-state index contributed by atoms with van der Waals surface area (Å²) in [7, 11) is 0. The van der Waals surface area contributed by atoms with Gasteiger partial charge >= 0.3 is 0 Å². The van der Waals surface area contributed by atoms with E-state index in [1.54, 1.807) is 0 Å². The molecule has 1 aliphatic carbocycles. The smallest absolute Gasteiger partial charge is 0.00792 e. The van der Waals surface area contributed by atoms with Gasteiger partial charge in [-0.3, -0.25) is 0 Å². The van der Waals surface area contributed by atoms with Crippen LogP contribution >= 0.6 is 0 Å². The summed E-state index contributed by atoms with van der Waals surface area (Å²) in [6.45, 7) is 17.4. The van der Waals surface area contributed by atoms with Gasteiger partial charge in [0.1, 0.15) is 0 Å². The summed E-state index contributed by atoms with van der Waals surface area (Å²) in [4.78, 5) is 0. The predicted molar refractivity (Wildman–Crippen MR) is 71.7 cm³/mol. The van der Waals surface area contributed by atoms with Crippen molar-refractivity contribution in [3.63, 3.8) is 0 Å². The van der Waals surface area contributed by atoms with Crippen molar-refractivity contribution in [2.24, 2.45) is 16.7 Å². The molecule has 16 heavy (non-hydrogen) atoms. The van der Waals surface area contributed by atoms with Gasteiger partial charge in [-0.2, -0.15) is 0 Å². The zero-order valence-corrected chi connectivity index (χ0v) is 12.0. The van der Waals surface area contributed by atoms with Gasteiger partial charge in [-0.25, -0.2) is 0 Å². The van der Waals surface area contributed by atoms with Gasteiger partial charge in [0.05, 0.1) is 0 Å². The van der Waals surface area contributed by atoms with Crippen LogP contribution in [0.1, 0.15) is 48.0 Å². The highest BCUT2D eigenvalue weighted by Gasteiger charge is 2.63. The first-order valence-corrected chi connectivity index (χ1v) is 6.78. The first-order chi connectivity index (χ1) is 7.34. The molecular weight excluding hydrogens is 196 g/mol. The van der Waals surface area contributed by atoms with E-state index in [4.69, 9.17) is 0 Å². The molecule has 1 aliphatic rings. The van der Waals surface area contributed by atoms with E-state index < -0.39 is 0 Å². The Labute approximate surface area is 102 Å². The molecule has 0 radical (unpaired) electrons. The molecule has 0 aromatic carbocycles. The first kappa shape index (κ1) is 14.0. The second-order valence-electron chi connectivity index (χ2n) is 6.46. The second kappa shape index (κ2) is 5.05. The Balaban J connectivity index is 2.06. The number of nitrogens with one attached hydrogen (secondary N) is 2. The molecule has 0 aliphatic heterocycles. The van der Waals surface area contributed by atoms with Crippen molar-refractivity contribution >= 4 is 0 Å². The van der Waals surface area contributed by atoms with Gasteiger partial charge in [0.2, 0.25) is 0 Å². The normalized spacial score (nSPS) is 24.4. The van der Waals surface area contributed by atoms with Gasteiger partial charge in [0.15, 0.2) is 0 Å². The lowest BCUT2D eigenvalue weighted by Gasteiger charge is -2.12. The van der Waals surface area contributed by atoms with Gasteiger partial charge in [-0.05, 0) is 36.6 Å². The lowest BCUT2D eigenvalue weighted by molar-refractivity contribution is 0.457. The number of rotatable bonds is 7. The molecule has 1 fully saturated rings. The summed E-state index contributed by atoms with van der Waals surface area (Å²) in [6.07, 6.45) is 1.21. The van der Waals surface area contributed by atoms with Crippen LogP contribution in [0, 0.1) is 16.7 Å². The summed E-state index contributed by atoms with van der Waals surface area (Å²) >= 11 is 0. The van der Waals surface area contributed by atoms with Crippen LogP contribution < -0.4 is 10.6 Å². The van der Waals surface area contributed by atoms with Gasteiger partial charge in [-0.15, -0.1) is 0 Å². The van der Waals surface area contributed by atoms with Gasteiger partial charge < -0.3 is 10.6 Å². The molecule has 0 amide bonds. The molecule has 2 heteroatoms. The van der Waals surface area contributed by atoms with E-state index in [0.29, 0.717) is 16.9 Å². The lowest BCUT2D eigenvalue weighted by Crippen LogP contribution is -2.34. The fourth-order valence-corrected chi connectivity index (χ4v) is 2.64. The van der Waals surface area contributed by atoms with Crippen molar-refractivity contribution in [3.05, 3.63) is 0 Å². The molecule has 1 unspecified atom stereocenters. The van der Waals surface area contributed by atoms with Crippen molar-refractivity contribution in [3.8, 4) is 0 Å². The van der Waals surface area contributed by atoms with E-state index in [1.165, 1.54) is 13.0 Å². The average Bonchev–Trinajstić information content (AvgIpc) is 2.59. The fraction of sp³-hybridized carbons (Fsp3) is 1.00. The number of hydrogen-bond acceptors (Lipinski definition) is 2. The minimum atomic E-state index is 0.518.